The van der Waals surface area contributed by atoms with Crippen LogP contribution in [0.2, 0.25) is 0 Å². The first-order chi connectivity index (χ1) is 11.3. The minimum atomic E-state index is -4.02. The van der Waals surface area contributed by atoms with Gasteiger partial charge in [-0.15, -0.1) is 0 Å². The van der Waals surface area contributed by atoms with Gasteiger partial charge in [0.2, 0.25) is 0 Å². The number of methoxy groups -OCH3 is 1. The zero-order chi connectivity index (χ0) is 18.2. The van der Waals surface area contributed by atoms with Crippen LogP contribution in [0.1, 0.15) is 23.4 Å². The molecule has 1 aromatic heterocycles. The van der Waals surface area contributed by atoms with Crippen LogP contribution in [0.3, 0.4) is 0 Å². The fourth-order valence-electron chi connectivity index (χ4n) is 1.61. The number of ether oxygens (including phenoxy) is 1. The van der Waals surface area contributed by atoms with Crippen LogP contribution in [0.15, 0.2) is 39.8 Å². The molecule has 2 aromatic rings. The Kier molecular flexibility index (Phi) is 7.56. The van der Waals surface area contributed by atoms with Crippen molar-refractivity contribution in [3.63, 3.8) is 0 Å². The lowest BCUT2D eigenvalue weighted by molar-refractivity contribution is -0.140. The summed E-state index contributed by atoms with van der Waals surface area (Å²) in [5.41, 5.74) is 7.00. The highest BCUT2D eigenvalue weighted by Gasteiger charge is 2.07. The van der Waals surface area contributed by atoms with Crippen molar-refractivity contribution < 1.29 is 27.0 Å². The third-order valence-electron chi connectivity index (χ3n) is 2.94. The van der Waals surface area contributed by atoms with E-state index in [0.29, 0.717) is 25.1 Å². The van der Waals surface area contributed by atoms with Crippen molar-refractivity contribution >= 4 is 16.1 Å². The molecule has 0 aliphatic heterocycles. The first kappa shape index (κ1) is 19.8. The maximum Gasteiger partial charge on any atom is 0.305 e. The van der Waals surface area contributed by atoms with Crippen molar-refractivity contribution in [1.82, 2.24) is 5.16 Å². The summed E-state index contributed by atoms with van der Waals surface area (Å²) < 4.78 is 38.9. The second kappa shape index (κ2) is 9.16. The Balaban J connectivity index is 0.000000243. The predicted octanol–water partition coefficient (Wildman–Crippen LogP) is 1.48. The van der Waals surface area contributed by atoms with Crippen LogP contribution in [0.25, 0.3) is 0 Å². The lowest BCUT2D eigenvalue weighted by atomic mass is 10.2. The number of benzene rings is 1. The van der Waals surface area contributed by atoms with Gasteiger partial charge in [-0.1, -0.05) is 22.9 Å². The van der Waals surface area contributed by atoms with Gasteiger partial charge in [-0.25, -0.2) is 0 Å². The van der Waals surface area contributed by atoms with Crippen LogP contribution < -0.4 is 5.73 Å². The summed E-state index contributed by atoms with van der Waals surface area (Å²) in [7, 11) is -2.66. The van der Waals surface area contributed by atoms with Gasteiger partial charge in [-0.3, -0.25) is 9.35 Å². The average molecular weight is 356 g/mol. The maximum absolute atomic E-state index is 10.8. The Hall–Kier alpha value is -2.23. The van der Waals surface area contributed by atoms with Crippen molar-refractivity contribution in [3.05, 3.63) is 47.3 Å². The third-order valence-corrected chi connectivity index (χ3v) is 3.81. The molecule has 132 valence electrons. The molecule has 0 unspecified atom stereocenters. The van der Waals surface area contributed by atoms with Gasteiger partial charge in [-0.2, -0.15) is 8.42 Å². The quantitative estimate of drug-likeness (QED) is 0.608. The van der Waals surface area contributed by atoms with E-state index in [1.807, 2.05) is 6.92 Å². The Bertz CT molecular complexity index is 753. The van der Waals surface area contributed by atoms with Gasteiger partial charge in [0.15, 0.2) is 5.76 Å². The fraction of sp³-hybridized carbons (Fsp3) is 0.333. The minimum absolute atomic E-state index is 0.0666. The van der Waals surface area contributed by atoms with Gasteiger partial charge < -0.3 is 15.0 Å². The van der Waals surface area contributed by atoms with E-state index in [1.165, 1.54) is 19.2 Å². The number of carbonyl (C=O) groups excluding carboxylic acids is 1. The summed E-state index contributed by atoms with van der Waals surface area (Å²) in [5, 5.41) is 3.73. The molecule has 0 aliphatic rings. The van der Waals surface area contributed by atoms with Gasteiger partial charge in [0.05, 0.1) is 30.7 Å². The molecular weight excluding hydrogens is 336 g/mol. The zero-order valence-electron chi connectivity index (χ0n) is 13.4. The molecule has 0 radical (unpaired) electrons. The van der Waals surface area contributed by atoms with E-state index >= 15 is 0 Å². The molecule has 3 N–H and O–H groups in total. The Labute approximate surface area is 140 Å². The molecule has 0 bridgehead atoms. The molecule has 0 amide bonds. The molecule has 0 fully saturated rings. The second-order valence-corrected chi connectivity index (χ2v) is 6.27. The third kappa shape index (κ3) is 6.90. The number of hydrogen-bond acceptors (Lipinski definition) is 7. The Morgan fingerprint density at radius 1 is 1.33 bits per heavy atom. The Morgan fingerprint density at radius 3 is 2.42 bits per heavy atom. The SMILES string of the molecule is COC(=O)CCc1cc(CN)on1.Cc1ccc(S(=O)(=O)O)cc1. The molecule has 0 aliphatic carbocycles. The fourth-order valence-corrected chi connectivity index (χ4v) is 2.09. The number of rotatable bonds is 5. The molecule has 9 heteroatoms. The monoisotopic (exact) mass is 356 g/mol. The predicted molar refractivity (Wildman–Crippen MR) is 85.7 cm³/mol. The standard InChI is InChI=1S/C8H12N2O3.C7H8O3S/c1-12-8(11)3-2-6-4-7(5-9)13-10-6;1-6-2-4-7(5-3-6)11(8,9)10/h4H,2-3,5,9H2,1H3;2-5H,1H3,(H,8,9,10). The highest BCUT2D eigenvalue weighted by molar-refractivity contribution is 7.85. The van der Waals surface area contributed by atoms with Crippen LogP contribution >= 0.6 is 0 Å². The molecule has 0 saturated heterocycles. The van der Waals surface area contributed by atoms with Crippen molar-refractivity contribution in [2.45, 2.75) is 31.2 Å². The maximum atomic E-state index is 10.8. The van der Waals surface area contributed by atoms with Crippen LogP contribution in [-0.2, 0) is 32.6 Å². The number of aryl methyl sites for hydroxylation is 2. The second-order valence-electron chi connectivity index (χ2n) is 4.85. The molecular formula is C15H20N2O6S. The van der Waals surface area contributed by atoms with E-state index in [2.05, 4.69) is 9.89 Å². The summed E-state index contributed by atoms with van der Waals surface area (Å²) in [4.78, 5) is 10.7. The first-order valence-corrected chi connectivity index (χ1v) is 8.45. The van der Waals surface area contributed by atoms with Crippen molar-refractivity contribution in [1.29, 1.82) is 0 Å². The summed E-state index contributed by atoms with van der Waals surface area (Å²) >= 11 is 0. The highest BCUT2D eigenvalue weighted by atomic mass is 32.2. The van der Waals surface area contributed by atoms with Gasteiger partial charge in [0.1, 0.15) is 0 Å². The number of carbonyl (C=O) groups is 1. The van der Waals surface area contributed by atoms with E-state index in [9.17, 15) is 13.2 Å². The smallest absolute Gasteiger partial charge is 0.305 e. The number of esters is 1. The lowest BCUT2D eigenvalue weighted by Crippen LogP contribution is -2.01. The first-order valence-electron chi connectivity index (χ1n) is 7.01. The van der Waals surface area contributed by atoms with Crippen molar-refractivity contribution in [2.75, 3.05) is 7.11 Å². The van der Waals surface area contributed by atoms with E-state index in [1.54, 1.807) is 18.2 Å². The lowest BCUT2D eigenvalue weighted by Gasteiger charge is -1.95. The van der Waals surface area contributed by atoms with Gasteiger partial charge in [0.25, 0.3) is 10.1 Å². The Morgan fingerprint density at radius 2 is 1.96 bits per heavy atom. The van der Waals surface area contributed by atoms with Gasteiger partial charge in [0, 0.05) is 12.5 Å². The van der Waals surface area contributed by atoms with Gasteiger partial charge >= 0.3 is 5.97 Å². The van der Waals surface area contributed by atoms with Crippen LogP contribution in [0, 0.1) is 6.92 Å². The normalized spacial score (nSPS) is 10.7. The summed E-state index contributed by atoms with van der Waals surface area (Å²) in [6, 6.07) is 7.73. The van der Waals surface area contributed by atoms with Crippen LogP contribution in [-0.4, -0.2) is 31.2 Å². The molecule has 1 aromatic carbocycles. The molecule has 2 rings (SSSR count). The van der Waals surface area contributed by atoms with E-state index in [-0.39, 0.29) is 10.9 Å². The molecule has 0 saturated carbocycles. The largest absolute Gasteiger partial charge is 0.469 e. The minimum Gasteiger partial charge on any atom is -0.469 e. The van der Waals surface area contributed by atoms with E-state index < -0.39 is 10.1 Å². The molecule has 0 spiro atoms. The zero-order valence-corrected chi connectivity index (χ0v) is 14.2. The summed E-state index contributed by atoms with van der Waals surface area (Å²) in [5.74, 6) is 0.372. The summed E-state index contributed by atoms with van der Waals surface area (Å²) in [6.07, 6.45) is 0.837. The number of aromatic nitrogens is 1. The van der Waals surface area contributed by atoms with Gasteiger partial charge in [-0.05, 0) is 19.1 Å². The van der Waals surface area contributed by atoms with Crippen LogP contribution in [0.4, 0.5) is 0 Å². The highest BCUT2D eigenvalue weighted by Crippen LogP contribution is 2.08. The average Bonchev–Trinajstić information content (AvgIpc) is 3.01. The summed E-state index contributed by atoms with van der Waals surface area (Å²) in [6.45, 7) is 2.17. The van der Waals surface area contributed by atoms with Crippen molar-refractivity contribution in [3.8, 4) is 0 Å². The molecule has 1 heterocycles. The molecule has 0 atom stereocenters. The van der Waals surface area contributed by atoms with Crippen molar-refractivity contribution in [2.24, 2.45) is 5.73 Å². The topological polar surface area (TPSA) is 133 Å². The number of hydrogen-bond donors (Lipinski definition) is 2. The van der Waals surface area contributed by atoms with E-state index in [0.717, 1.165) is 11.3 Å². The molecule has 24 heavy (non-hydrogen) atoms. The number of nitrogens with zero attached hydrogens (tertiary/aromatic N) is 1. The van der Waals surface area contributed by atoms with E-state index in [4.69, 9.17) is 14.8 Å². The number of nitrogens with two attached hydrogens (primary N) is 1. The van der Waals surface area contributed by atoms with Crippen LogP contribution in [0.5, 0.6) is 0 Å². The molecule has 8 nitrogen and oxygen atoms in total.